The number of fused-ring (bicyclic) bond motifs is 2. The molecule has 1 N–H and O–H groups in total. The van der Waals surface area contributed by atoms with Gasteiger partial charge in [-0.3, -0.25) is 14.5 Å². The number of nitrogens with zero attached hydrogens (tertiary/aromatic N) is 4. The standard InChI is InChI=1S/C31H33N5O8/c1-39-26-13-19(14-27(40-2)30(26)41-3)29(31(38)32-16-21-7-6-12-42-21)36(20-10-11-24-25(15-20)44-18-43-24)28(37)17-35-23-9-5-4-8-22(23)33-34-35/h4-5,8-11,13-15,21,29H,6-7,12,16-18H2,1-3H3,(H,32,38)/t21-,29+/m0/s1. The molecule has 1 fully saturated rings. The average Bonchev–Trinajstić information content (AvgIpc) is 3.83. The largest absolute Gasteiger partial charge is 0.493 e. The van der Waals surface area contributed by atoms with Crippen LogP contribution in [0, 0.1) is 0 Å². The van der Waals surface area contributed by atoms with E-state index in [-0.39, 0.29) is 26.0 Å². The minimum atomic E-state index is -1.17. The Kier molecular flexibility index (Phi) is 8.37. The molecule has 2 aliphatic heterocycles. The Bertz CT molecular complexity index is 1640. The Balaban J connectivity index is 1.47. The van der Waals surface area contributed by atoms with Crippen molar-refractivity contribution in [3.05, 3.63) is 60.2 Å². The van der Waals surface area contributed by atoms with Gasteiger partial charge in [0.2, 0.25) is 24.4 Å². The van der Waals surface area contributed by atoms with E-state index in [1.807, 2.05) is 24.3 Å². The zero-order chi connectivity index (χ0) is 30.6. The van der Waals surface area contributed by atoms with Gasteiger partial charge in [0, 0.05) is 24.9 Å². The van der Waals surface area contributed by atoms with E-state index in [1.165, 1.54) is 30.9 Å². The van der Waals surface area contributed by atoms with E-state index < -0.39 is 17.9 Å². The monoisotopic (exact) mass is 603 g/mol. The summed E-state index contributed by atoms with van der Waals surface area (Å²) < 4.78 is 35.2. The number of anilines is 1. The molecular weight excluding hydrogens is 570 g/mol. The van der Waals surface area contributed by atoms with Crippen molar-refractivity contribution in [2.75, 3.05) is 46.2 Å². The van der Waals surface area contributed by atoms with E-state index in [0.29, 0.717) is 57.6 Å². The predicted molar refractivity (Wildman–Crippen MR) is 158 cm³/mol. The van der Waals surface area contributed by atoms with Crippen LogP contribution in [0.4, 0.5) is 5.69 Å². The number of benzene rings is 3. The maximum Gasteiger partial charge on any atom is 0.249 e. The molecule has 3 aromatic carbocycles. The van der Waals surface area contributed by atoms with E-state index in [1.54, 1.807) is 30.3 Å². The van der Waals surface area contributed by atoms with Gasteiger partial charge in [-0.1, -0.05) is 17.3 Å². The third-order valence-electron chi connectivity index (χ3n) is 7.65. The number of amides is 2. The Morgan fingerprint density at radius 2 is 1.80 bits per heavy atom. The van der Waals surface area contributed by atoms with Crippen molar-refractivity contribution in [2.45, 2.75) is 31.5 Å². The van der Waals surface area contributed by atoms with Gasteiger partial charge in [0.25, 0.3) is 0 Å². The Labute approximate surface area is 253 Å². The number of rotatable bonds is 11. The molecule has 44 heavy (non-hydrogen) atoms. The first-order valence-electron chi connectivity index (χ1n) is 14.2. The molecule has 0 saturated carbocycles. The minimum absolute atomic E-state index is 0.0514. The topological polar surface area (TPSA) is 136 Å². The van der Waals surface area contributed by atoms with Gasteiger partial charge >= 0.3 is 0 Å². The van der Waals surface area contributed by atoms with E-state index >= 15 is 0 Å². The average molecular weight is 604 g/mol. The molecular formula is C31H33N5O8. The molecule has 3 heterocycles. The number of nitrogens with one attached hydrogen (secondary N) is 1. The summed E-state index contributed by atoms with van der Waals surface area (Å²) >= 11 is 0. The smallest absolute Gasteiger partial charge is 0.249 e. The third-order valence-corrected chi connectivity index (χ3v) is 7.65. The van der Waals surface area contributed by atoms with Gasteiger partial charge < -0.3 is 33.7 Å². The highest BCUT2D eigenvalue weighted by atomic mass is 16.7. The summed E-state index contributed by atoms with van der Waals surface area (Å²) in [4.78, 5) is 30.1. The molecule has 2 aliphatic rings. The van der Waals surface area contributed by atoms with Crippen molar-refractivity contribution >= 4 is 28.5 Å². The number of aromatic nitrogens is 3. The molecule has 0 aliphatic carbocycles. The van der Waals surface area contributed by atoms with Crippen LogP contribution in [0.3, 0.4) is 0 Å². The summed E-state index contributed by atoms with van der Waals surface area (Å²) in [6.45, 7) is 0.784. The number of para-hydroxylation sites is 1. The zero-order valence-corrected chi connectivity index (χ0v) is 24.6. The molecule has 13 heteroatoms. The molecule has 0 bridgehead atoms. The molecule has 230 valence electrons. The van der Waals surface area contributed by atoms with Crippen LogP contribution < -0.4 is 33.9 Å². The van der Waals surface area contributed by atoms with Gasteiger partial charge in [0.15, 0.2) is 23.0 Å². The summed E-state index contributed by atoms with van der Waals surface area (Å²) in [6, 6.07) is 14.6. The maximum atomic E-state index is 14.4. The first-order chi connectivity index (χ1) is 21.5. The van der Waals surface area contributed by atoms with E-state index in [0.717, 1.165) is 12.8 Å². The van der Waals surface area contributed by atoms with Crippen LogP contribution in [-0.4, -0.2) is 74.2 Å². The van der Waals surface area contributed by atoms with Gasteiger partial charge in [-0.2, -0.15) is 0 Å². The summed E-state index contributed by atoms with van der Waals surface area (Å²) in [5.41, 5.74) is 2.16. The zero-order valence-electron chi connectivity index (χ0n) is 24.6. The Morgan fingerprint density at radius 3 is 2.52 bits per heavy atom. The molecule has 0 spiro atoms. The van der Waals surface area contributed by atoms with Gasteiger partial charge in [-0.15, -0.1) is 5.10 Å². The van der Waals surface area contributed by atoms with Crippen LogP contribution in [0.2, 0.25) is 0 Å². The van der Waals surface area contributed by atoms with Gasteiger partial charge in [0.1, 0.15) is 18.1 Å². The molecule has 6 rings (SSSR count). The van der Waals surface area contributed by atoms with Crippen LogP contribution in [0.25, 0.3) is 11.0 Å². The van der Waals surface area contributed by atoms with Crippen LogP contribution >= 0.6 is 0 Å². The normalized spacial score (nSPS) is 16.0. The van der Waals surface area contributed by atoms with E-state index in [4.69, 9.17) is 28.4 Å². The first-order valence-corrected chi connectivity index (χ1v) is 14.2. The van der Waals surface area contributed by atoms with Crippen molar-refractivity contribution in [2.24, 2.45) is 0 Å². The predicted octanol–water partition coefficient (Wildman–Crippen LogP) is 3.26. The molecule has 0 radical (unpaired) electrons. The lowest BCUT2D eigenvalue weighted by Gasteiger charge is -2.32. The molecule has 2 amide bonds. The molecule has 4 aromatic rings. The van der Waals surface area contributed by atoms with Gasteiger partial charge in [-0.05, 0) is 54.8 Å². The Hall–Kier alpha value is -5.04. The number of hydrogen-bond donors (Lipinski definition) is 1. The number of methoxy groups -OCH3 is 3. The third kappa shape index (κ3) is 5.65. The fraction of sp³-hybridized carbons (Fsp3) is 0.355. The van der Waals surface area contributed by atoms with Crippen molar-refractivity contribution in [3.63, 3.8) is 0 Å². The summed E-state index contributed by atoms with van der Waals surface area (Å²) in [6.07, 6.45) is 1.64. The lowest BCUT2D eigenvalue weighted by atomic mass is 10.0. The highest BCUT2D eigenvalue weighted by molar-refractivity contribution is 6.02. The van der Waals surface area contributed by atoms with Crippen molar-refractivity contribution < 1.29 is 38.0 Å². The Morgan fingerprint density at radius 1 is 1.02 bits per heavy atom. The molecule has 1 saturated heterocycles. The SMILES string of the molecule is COc1cc([C@H](C(=O)NC[C@@H]2CCCO2)N(C(=O)Cn2nnc3ccccc32)c2ccc3c(c2)OCO3)cc(OC)c1OC. The van der Waals surface area contributed by atoms with Crippen LogP contribution in [-0.2, 0) is 20.9 Å². The highest BCUT2D eigenvalue weighted by Crippen LogP contribution is 2.43. The minimum Gasteiger partial charge on any atom is -0.493 e. The van der Waals surface area contributed by atoms with Crippen LogP contribution in [0.15, 0.2) is 54.6 Å². The first kappa shape index (κ1) is 29.1. The number of carbonyl (C=O) groups is 2. The number of ether oxygens (including phenoxy) is 6. The lowest BCUT2D eigenvalue weighted by molar-refractivity contribution is -0.127. The summed E-state index contributed by atoms with van der Waals surface area (Å²) in [5, 5.41) is 11.4. The molecule has 1 aromatic heterocycles. The fourth-order valence-electron chi connectivity index (χ4n) is 5.50. The molecule has 13 nitrogen and oxygen atoms in total. The second-order valence-electron chi connectivity index (χ2n) is 10.3. The van der Waals surface area contributed by atoms with Gasteiger partial charge in [-0.25, -0.2) is 4.68 Å². The second-order valence-corrected chi connectivity index (χ2v) is 10.3. The molecule has 2 atom stereocenters. The molecule has 0 unspecified atom stereocenters. The van der Waals surface area contributed by atoms with Crippen molar-refractivity contribution in [1.29, 1.82) is 0 Å². The summed E-state index contributed by atoms with van der Waals surface area (Å²) in [7, 11) is 4.48. The number of carbonyl (C=O) groups excluding carboxylic acids is 2. The van der Waals surface area contributed by atoms with Crippen LogP contribution in [0.1, 0.15) is 24.4 Å². The maximum absolute atomic E-state index is 14.4. The fourth-order valence-corrected chi connectivity index (χ4v) is 5.50. The van der Waals surface area contributed by atoms with E-state index in [2.05, 4.69) is 15.6 Å². The van der Waals surface area contributed by atoms with Crippen molar-refractivity contribution in [3.8, 4) is 28.7 Å². The lowest BCUT2D eigenvalue weighted by Crippen LogP contribution is -2.46. The highest BCUT2D eigenvalue weighted by Gasteiger charge is 2.36. The summed E-state index contributed by atoms with van der Waals surface area (Å²) in [5.74, 6) is 1.16. The quantitative estimate of drug-likeness (QED) is 0.272. The van der Waals surface area contributed by atoms with E-state index in [9.17, 15) is 9.59 Å². The van der Waals surface area contributed by atoms with Crippen LogP contribution in [0.5, 0.6) is 28.7 Å². The van der Waals surface area contributed by atoms with Crippen molar-refractivity contribution in [1.82, 2.24) is 20.3 Å². The second kappa shape index (κ2) is 12.7. The number of hydrogen-bond acceptors (Lipinski definition) is 10. The van der Waals surface area contributed by atoms with Gasteiger partial charge in [0.05, 0.1) is 33.0 Å².